The van der Waals surface area contributed by atoms with Crippen LogP contribution in [0.1, 0.15) is 31.2 Å². The Kier molecular flexibility index (Phi) is 6.62. The molecule has 0 atom stereocenters. The van der Waals surface area contributed by atoms with Crippen LogP contribution in [-0.2, 0) is 9.53 Å². The molecular formula is C15H20O3. The first-order valence-electron chi connectivity index (χ1n) is 6.13. The SMILES string of the molecule is COC(=O)CCCCC=Cc1ccc(OC)cc1. The van der Waals surface area contributed by atoms with E-state index in [9.17, 15) is 4.79 Å². The number of methoxy groups -OCH3 is 2. The Hall–Kier alpha value is -1.77. The molecule has 0 aliphatic carbocycles. The summed E-state index contributed by atoms with van der Waals surface area (Å²) < 4.78 is 9.67. The van der Waals surface area contributed by atoms with Crippen LogP contribution >= 0.6 is 0 Å². The molecule has 0 N–H and O–H groups in total. The summed E-state index contributed by atoms with van der Waals surface area (Å²) in [7, 11) is 3.08. The van der Waals surface area contributed by atoms with Crippen molar-refractivity contribution < 1.29 is 14.3 Å². The molecule has 0 heterocycles. The van der Waals surface area contributed by atoms with E-state index in [1.807, 2.05) is 24.3 Å². The van der Waals surface area contributed by atoms with Gasteiger partial charge in [-0.15, -0.1) is 0 Å². The van der Waals surface area contributed by atoms with Crippen LogP contribution in [0.3, 0.4) is 0 Å². The highest BCUT2D eigenvalue weighted by atomic mass is 16.5. The van der Waals surface area contributed by atoms with Crippen LogP contribution in [0.15, 0.2) is 30.3 Å². The van der Waals surface area contributed by atoms with Gasteiger partial charge >= 0.3 is 5.97 Å². The van der Waals surface area contributed by atoms with Crippen molar-refractivity contribution in [3.05, 3.63) is 35.9 Å². The molecule has 0 bridgehead atoms. The van der Waals surface area contributed by atoms with Crippen LogP contribution in [0, 0.1) is 0 Å². The average molecular weight is 248 g/mol. The summed E-state index contributed by atoms with van der Waals surface area (Å²) in [6, 6.07) is 7.92. The molecule has 0 aliphatic heterocycles. The third-order valence-electron chi connectivity index (χ3n) is 2.66. The molecule has 3 heteroatoms. The predicted molar refractivity (Wildman–Crippen MR) is 72.5 cm³/mol. The van der Waals surface area contributed by atoms with E-state index in [-0.39, 0.29) is 5.97 Å². The maximum Gasteiger partial charge on any atom is 0.305 e. The first kappa shape index (κ1) is 14.3. The molecule has 0 aliphatic rings. The molecule has 0 saturated heterocycles. The summed E-state index contributed by atoms with van der Waals surface area (Å²) >= 11 is 0. The Morgan fingerprint density at radius 3 is 2.50 bits per heavy atom. The Morgan fingerprint density at radius 1 is 1.17 bits per heavy atom. The Morgan fingerprint density at radius 2 is 1.89 bits per heavy atom. The van der Waals surface area contributed by atoms with Crippen molar-refractivity contribution in [2.24, 2.45) is 0 Å². The predicted octanol–water partition coefficient (Wildman–Crippen LogP) is 3.44. The first-order chi connectivity index (χ1) is 8.76. The maximum absolute atomic E-state index is 10.9. The van der Waals surface area contributed by atoms with Crippen molar-refractivity contribution in [2.45, 2.75) is 25.7 Å². The lowest BCUT2D eigenvalue weighted by Gasteiger charge is -1.99. The molecule has 0 aromatic heterocycles. The number of carbonyl (C=O) groups is 1. The largest absolute Gasteiger partial charge is 0.497 e. The van der Waals surface area contributed by atoms with Crippen LogP contribution in [0.5, 0.6) is 5.75 Å². The van der Waals surface area contributed by atoms with Gasteiger partial charge in [0, 0.05) is 6.42 Å². The number of unbranched alkanes of at least 4 members (excludes halogenated alkanes) is 2. The fraction of sp³-hybridized carbons (Fsp3) is 0.400. The number of benzene rings is 1. The number of hydrogen-bond donors (Lipinski definition) is 0. The summed E-state index contributed by atoms with van der Waals surface area (Å²) in [6.45, 7) is 0. The van der Waals surface area contributed by atoms with Gasteiger partial charge in [-0.1, -0.05) is 24.3 Å². The number of hydrogen-bond acceptors (Lipinski definition) is 3. The average Bonchev–Trinajstić information content (AvgIpc) is 2.43. The third kappa shape index (κ3) is 5.53. The fourth-order valence-corrected chi connectivity index (χ4v) is 1.57. The van der Waals surface area contributed by atoms with E-state index >= 15 is 0 Å². The molecule has 0 spiro atoms. The maximum atomic E-state index is 10.9. The third-order valence-corrected chi connectivity index (χ3v) is 2.66. The standard InChI is InChI=1S/C15H20O3/c1-17-14-11-9-13(10-12-14)7-5-3-4-6-8-15(16)18-2/h5,7,9-12H,3-4,6,8H2,1-2H3. The summed E-state index contributed by atoms with van der Waals surface area (Å²) in [5.41, 5.74) is 1.16. The number of allylic oxidation sites excluding steroid dienone is 1. The lowest BCUT2D eigenvalue weighted by molar-refractivity contribution is -0.140. The van der Waals surface area contributed by atoms with Gasteiger partial charge in [0.1, 0.15) is 5.75 Å². The molecular weight excluding hydrogens is 228 g/mol. The van der Waals surface area contributed by atoms with E-state index in [1.54, 1.807) is 7.11 Å². The van der Waals surface area contributed by atoms with Gasteiger partial charge in [-0.25, -0.2) is 0 Å². The number of esters is 1. The quantitative estimate of drug-likeness (QED) is 0.547. The van der Waals surface area contributed by atoms with Crippen LogP contribution in [-0.4, -0.2) is 20.2 Å². The van der Waals surface area contributed by atoms with Gasteiger partial charge in [0.05, 0.1) is 14.2 Å². The number of ether oxygens (including phenoxy) is 2. The monoisotopic (exact) mass is 248 g/mol. The second-order valence-electron chi connectivity index (χ2n) is 4.00. The van der Waals surface area contributed by atoms with Gasteiger partial charge in [0.2, 0.25) is 0 Å². The molecule has 98 valence electrons. The molecule has 3 nitrogen and oxygen atoms in total. The highest BCUT2D eigenvalue weighted by Gasteiger charge is 1.97. The van der Waals surface area contributed by atoms with Gasteiger partial charge in [0.25, 0.3) is 0 Å². The minimum atomic E-state index is -0.130. The molecule has 0 amide bonds. The lowest BCUT2D eigenvalue weighted by Crippen LogP contribution is -1.98. The molecule has 1 aromatic carbocycles. The van der Waals surface area contributed by atoms with Gasteiger partial charge in [-0.05, 0) is 37.0 Å². The highest BCUT2D eigenvalue weighted by molar-refractivity contribution is 5.68. The van der Waals surface area contributed by atoms with Crippen molar-refractivity contribution in [3.63, 3.8) is 0 Å². The summed E-state index contributed by atoms with van der Waals surface area (Å²) in [6.07, 6.45) is 7.56. The van der Waals surface area contributed by atoms with Crippen LogP contribution in [0.25, 0.3) is 6.08 Å². The second kappa shape index (κ2) is 8.34. The van der Waals surface area contributed by atoms with Gasteiger partial charge in [-0.3, -0.25) is 4.79 Å². The molecule has 1 rings (SSSR count). The van der Waals surface area contributed by atoms with E-state index in [0.717, 1.165) is 30.6 Å². The molecule has 0 unspecified atom stereocenters. The van der Waals surface area contributed by atoms with Crippen LogP contribution in [0.4, 0.5) is 0 Å². The van der Waals surface area contributed by atoms with Crippen molar-refractivity contribution in [3.8, 4) is 5.75 Å². The Bertz CT molecular complexity index is 379. The van der Waals surface area contributed by atoms with Crippen molar-refractivity contribution in [2.75, 3.05) is 14.2 Å². The zero-order valence-corrected chi connectivity index (χ0v) is 11.0. The first-order valence-corrected chi connectivity index (χ1v) is 6.13. The minimum absolute atomic E-state index is 0.130. The Labute approximate surface area is 108 Å². The molecule has 1 aromatic rings. The number of rotatable bonds is 7. The molecule has 0 saturated carbocycles. The highest BCUT2D eigenvalue weighted by Crippen LogP contribution is 2.13. The van der Waals surface area contributed by atoms with Crippen LogP contribution < -0.4 is 4.74 Å². The van der Waals surface area contributed by atoms with Crippen molar-refractivity contribution >= 4 is 12.0 Å². The number of carbonyl (C=O) groups excluding carboxylic acids is 1. The van der Waals surface area contributed by atoms with E-state index in [2.05, 4.69) is 16.9 Å². The lowest BCUT2D eigenvalue weighted by atomic mass is 10.1. The summed E-state index contributed by atoms with van der Waals surface area (Å²) in [5, 5.41) is 0. The summed E-state index contributed by atoms with van der Waals surface area (Å²) in [4.78, 5) is 10.9. The van der Waals surface area contributed by atoms with Crippen molar-refractivity contribution in [1.29, 1.82) is 0 Å². The Balaban J connectivity index is 2.21. The van der Waals surface area contributed by atoms with Crippen LogP contribution in [0.2, 0.25) is 0 Å². The molecule has 0 radical (unpaired) electrons. The zero-order valence-electron chi connectivity index (χ0n) is 11.0. The normalized spacial score (nSPS) is 10.6. The van der Waals surface area contributed by atoms with E-state index in [1.165, 1.54) is 7.11 Å². The van der Waals surface area contributed by atoms with Crippen molar-refractivity contribution in [1.82, 2.24) is 0 Å². The van der Waals surface area contributed by atoms with E-state index in [4.69, 9.17) is 4.74 Å². The molecule has 0 fully saturated rings. The smallest absolute Gasteiger partial charge is 0.305 e. The minimum Gasteiger partial charge on any atom is -0.497 e. The van der Waals surface area contributed by atoms with E-state index in [0.29, 0.717) is 6.42 Å². The molecule has 18 heavy (non-hydrogen) atoms. The van der Waals surface area contributed by atoms with E-state index < -0.39 is 0 Å². The second-order valence-corrected chi connectivity index (χ2v) is 4.00. The topological polar surface area (TPSA) is 35.5 Å². The fourth-order valence-electron chi connectivity index (χ4n) is 1.57. The zero-order chi connectivity index (χ0) is 13.2. The summed E-state index contributed by atoms with van der Waals surface area (Å²) in [5.74, 6) is 0.736. The van der Waals surface area contributed by atoms with Gasteiger partial charge < -0.3 is 9.47 Å². The van der Waals surface area contributed by atoms with Gasteiger partial charge in [-0.2, -0.15) is 0 Å². The van der Waals surface area contributed by atoms with Gasteiger partial charge in [0.15, 0.2) is 0 Å².